The predicted molar refractivity (Wildman–Crippen MR) is 66.1 cm³/mol. The van der Waals surface area contributed by atoms with Crippen LogP contribution in [-0.2, 0) is 4.79 Å². The van der Waals surface area contributed by atoms with Crippen molar-refractivity contribution in [1.82, 2.24) is 0 Å². The van der Waals surface area contributed by atoms with Crippen LogP contribution < -0.4 is 4.74 Å². The van der Waals surface area contributed by atoms with Gasteiger partial charge in [0.25, 0.3) is 0 Å². The molecule has 0 atom stereocenters. The molecule has 0 aliphatic carbocycles. The second kappa shape index (κ2) is 5.77. The van der Waals surface area contributed by atoms with Crippen LogP contribution in [0.2, 0.25) is 0 Å². The van der Waals surface area contributed by atoms with Gasteiger partial charge in [0, 0.05) is 16.5 Å². The third-order valence-electron chi connectivity index (χ3n) is 2.13. The summed E-state index contributed by atoms with van der Waals surface area (Å²) in [4.78, 5) is 21.6. The lowest BCUT2D eigenvalue weighted by Gasteiger charge is -2.07. The summed E-state index contributed by atoms with van der Waals surface area (Å²) in [7, 11) is 0. The average molecular weight is 302 g/mol. The Morgan fingerprint density at radius 1 is 1.53 bits per heavy atom. The number of ether oxygens (including phenoxy) is 1. The smallest absolute Gasteiger partial charge is 0.312 e. The van der Waals surface area contributed by atoms with Gasteiger partial charge in [-0.15, -0.1) is 0 Å². The Hall–Kier alpha value is -1.43. The summed E-state index contributed by atoms with van der Waals surface area (Å²) in [6.45, 7) is 3.35. The summed E-state index contributed by atoms with van der Waals surface area (Å²) in [5.74, 6) is -0.140. The van der Waals surface area contributed by atoms with E-state index in [9.17, 15) is 14.9 Å². The third-order valence-corrected chi connectivity index (χ3v) is 2.62. The van der Waals surface area contributed by atoms with E-state index in [1.165, 1.54) is 12.1 Å². The number of hydrogen-bond donors (Lipinski definition) is 0. The molecule has 0 heterocycles. The van der Waals surface area contributed by atoms with Gasteiger partial charge in [0.05, 0.1) is 4.92 Å². The van der Waals surface area contributed by atoms with Crippen LogP contribution >= 0.6 is 15.9 Å². The molecule has 0 radical (unpaired) electrons. The number of rotatable bonds is 5. The number of carbonyl (C=O) groups excluding carboxylic acids is 1. The molecule has 1 aromatic rings. The van der Waals surface area contributed by atoms with Crippen molar-refractivity contribution < 1.29 is 14.5 Å². The Balaban J connectivity index is 2.84. The van der Waals surface area contributed by atoms with Gasteiger partial charge in [-0.05, 0) is 12.1 Å². The highest BCUT2D eigenvalue weighted by Crippen LogP contribution is 2.30. The van der Waals surface area contributed by atoms with Gasteiger partial charge in [0.15, 0.2) is 11.5 Å². The number of nitro groups is 1. The molecule has 0 aliphatic rings. The molecule has 17 heavy (non-hydrogen) atoms. The predicted octanol–water partition coefficient (Wildman–Crippen LogP) is 2.96. The topological polar surface area (TPSA) is 69.4 Å². The van der Waals surface area contributed by atoms with Crippen LogP contribution in [0.4, 0.5) is 5.69 Å². The minimum Gasteiger partial charge on any atom is -0.479 e. The number of hydrogen-bond acceptors (Lipinski definition) is 4. The van der Waals surface area contributed by atoms with E-state index in [4.69, 9.17) is 4.74 Å². The fourth-order valence-corrected chi connectivity index (χ4v) is 1.42. The van der Waals surface area contributed by atoms with Crippen LogP contribution in [-0.4, -0.2) is 17.3 Å². The molecule has 0 saturated heterocycles. The standard InChI is InChI=1S/C11H12BrNO4/c1-7(2)10(14)6-17-11-4-3-8(12)5-9(11)13(15)16/h3-5,7H,6H2,1-2H3. The van der Waals surface area contributed by atoms with E-state index in [0.29, 0.717) is 4.47 Å². The first-order valence-electron chi connectivity index (χ1n) is 5.01. The molecule has 0 amide bonds. The average Bonchev–Trinajstić information content (AvgIpc) is 2.26. The molecule has 5 nitrogen and oxygen atoms in total. The van der Waals surface area contributed by atoms with E-state index in [0.717, 1.165) is 0 Å². The van der Waals surface area contributed by atoms with Crippen molar-refractivity contribution in [2.24, 2.45) is 5.92 Å². The molecule has 0 fully saturated rings. The maximum absolute atomic E-state index is 11.4. The normalized spacial score (nSPS) is 10.4. The summed E-state index contributed by atoms with van der Waals surface area (Å²) in [5.41, 5.74) is -0.157. The number of ketones is 1. The lowest BCUT2D eigenvalue weighted by atomic mass is 10.1. The van der Waals surface area contributed by atoms with Gasteiger partial charge in [-0.1, -0.05) is 29.8 Å². The minimum atomic E-state index is -0.542. The summed E-state index contributed by atoms with van der Waals surface area (Å²) < 4.78 is 5.75. The molecule has 0 unspecified atom stereocenters. The maximum Gasteiger partial charge on any atom is 0.312 e. The van der Waals surface area contributed by atoms with Gasteiger partial charge in [-0.3, -0.25) is 14.9 Å². The van der Waals surface area contributed by atoms with Crippen molar-refractivity contribution in [3.63, 3.8) is 0 Å². The zero-order valence-electron chi connectivity index (χ0n) is 9.47. The van der Waals surface area contributed by atoms with Crippen molar-refractivity contribution >= 4 is 27.4 Å². The molecule has 1 rings (SSSR count). The summed E-state index contributed by atoms with van der Waals surface area (Å²) >= 11 is 3.14. The monoisotopic (exact) mass is 301 g/mol. The number of benzene rings is 1. The Labute approximate surface area is 107 Å². The zero-order chi connectivity index (χ0) is 13.0. The number of nitro benzene ring substituents is 1. The van der Waals surface area contributed by atoms with Crippen molar-refractivity contribution in [2.75, 3.05) is 6.61 Å². The molecular weight excluding hydrogens is 290 g/mol. The van der Waals surface area contributed by atoms with Crippen molar-refractivity contribution in [3.8, 4) is 5.75 Å². The summed E-state index contributed by atoms with van der Waals surface area (Å²) in [5, 5.41) is 10.8. The quantitative estimate of drug-likeness (QED) is 0.619. The third kappa shape index (κ3) is 3.81. The van der Waals surface area contributed by atoms with Crippen molar-refractivity contribution in [1.29, 1.82) is 0 Å². The number of nitrogens with zero attached hydrogens (tertiary/aromatic N) is 1. The van der Waals surface area contributed by atoms with Crippen LogP contribution in [0.15, 0.2) is 22.7 Å². The van der Waals surface area contributed by atoms with Crippen molar-refractivity contribution in [3.05, 3.63) is 32.8 Å². The van der Waals surface area contributed by atoms with Crippen molar-refractivity contribution in [2.45, 2.75) is 13.8 Å². The molecular formula is C11H12BrNO4. The lowest BCUT2D eigenvalue weighted by molar-refractivity contribution is -0.385. The van der Waals surface area contributed by atoms with E-state index in [1.807, 2.05) is 0 Å². The molecule has 0 saturated carbocycles. The van der Waals surface area contributed by atoms with Gasteiger partial charge in [0.1, 0.15) is 6.61 Å². The highest BCUT2D eigenvalue weighted by atomic mass is 79.9. The van der Waals surface area contributed by atoms with Gasteiger partial charge in [-0.2, -0.15) is 0 Å². The zero-order valence-corrected chi connectivity index (χ0v) is 11.1. The maximum atomic E-state index is 11.4. The summed E-state index contributed by atoms with van der Waals surface area (Å²) in [6, 6.07) is 4.44. The Morgan fingerprint density at radius 3 is 2.71 bits per heavy atom. The number of carbonyl (C=O) groups is 1. The van der Waals surface area contributed by atoms with Gasteiger partial charge >= 0.3 is 5.69 Å². The molecule has 0 aromatic heterocycles. The van der Waals surface area contributed by atoms with Crippen LogP contribution in [0.3, 0.4) is 0 Å². The second-order valence-corrected chi connectivity index (χ2v) is 4.69. The Morgan fingerprint density at radius 2 is 2.18 bits per heavy atom. The van der Waals surface area contributed by atoms with E-state index in [2.05, 4.69) is 15.9 Å². The highest BCUT2D eigenvalue weighted by molar-refractivity contribution is 9.10. The molecule has 6 heteroatoms. The van der Waals surface area contributed by atoms with Gasteiger partial charge < -0.3 is 4.74 Å². The second-order valence-electron chi connectivity index (χ2n) is 3.78. The molecule has 0 aliphatic heterocycles. The first kappa shape index (κ1) is 13.6. The molecule has 0 N–H and O–H groups in total. The van der Waals surface area contributed by atoms with E-state index in [1.54, 1.807) is 19.9 Å². The first-order valence-corrected chi connectivity index (χ1v) is 5.80. The Bertz CT molecular complexity index is 445. The molecule has 0 bridgehead atoms. The molecule has 92 valence electrons. The van der Waals surface area contributed by atoms with Gasteiger partial charge in [0.2, 0.25) is 0 Å². The number of Topliss-reactive ketones (excluding diaryl/α,β-unsaturated/α-hetero) is 1. The fraction of sp³-hybridized carbons (Fsp3) is 0.364. The lowest BCUT2D eigenvalue weighted by Crippen LogP contribution is -2.17. The van der Waals surface area contributed by atoms with E-state index >= 15 is 0 Å². The molecule has 1 aromatic carbocycles. The van der Waals surface area contributed by atoms with Crippen LogP contribution in [0, 0.1) is 16.0 Å². The van der Waals surface area contributed by atoms with Gasteiger partial charge in [-0.25, -0.2) is 0 Å². The Kier molecular flexibility index (Phi) is 4.62. The molecule has 0 spiro atoms. The van der Waals surface area contributed by atoms with Crippen LogP contribution in [0.25, 0.3) is 0 Å². The number of halogens is 1. The summed E-state index contributed by atoms with van der Waals surface area (Å²) in [6.07, 6.45) is 0. The van der Waals surface area contributed by atoms with E-state index in [-0.39, 0.29) is 29.7 Å². The fourth-order valence-electron chi connectivity index (χ4n) is 1.07. The first-order chi connectivity index (χ1) is 7.91. The minimum absolute atomic E-state index is 0.0952. The SMILES string of the molecule is CC(C)C(=O)COc1ccc(Br)cc1[N+](=O)[O-]. The largest absolute Gasteiger partial charge is 0.479 e. The van der Waals surface area contributed by atoms with Crippen LogP contribution in [0.1, 0.15) is 13.8 Å². The highest BCUT2D eigenvalue weighted by Gasteiger charge is 2.17. The van der Waals surface area contributed by atoms with Crippen LogP contribution in [0.5, 0.6) is 5.75 Å². The van der Waals surface area contributed by atoms with E-state index < -0.39 is 4.92 Å².